The van der Waals surface area contributed by atoms with Gasteiger partial charge in [-0.05, 0) is 54.3 Å². The third-order valence-corrected chi connectivity index (χ3v) is 8.88. The van der Waals surface area contributed by atoms with E-state index in [0.29, 0.717) is 32.6 Å². The van der Waals surface area contributed by atoms with Crippen molar-refractivity contribution in [2.75, 3.05) is 32.7 Å². The van der Waals surface area contributed by atoms with Gasteiger partial charge in [-0.25, -0.2) is 0 Å². The normalized spacial score (nSPS) is 20.9. The number of hydrogen-bond donors (Lipinski definition) is 0. The fourth-order valence-corrected chi connectivity index (χ4v) is 6.77. The van der Waals surface area contributed by atoms with Gasteiger partial charge < -0.3 is 9.80 Å². The number of carbonyl (C=O) groups is 2. The molecule has 5 rings (SSSR count). The van der Waals surface area contributed by atoms with Crippen molar-refractivity contribution >= 4 is 34.5 Å². The molecule has 0 bridgehead atoms. The highest BCUT2D eigenvalue weighted by atomic mass is 32.1. The summed E-state index contributed by atoms with van der Waals surface area (Å²) in [5.41, 5.74) is 3.83. The second-order valence-corrected chi connectivity index (χ2v) is 11.4. The number of nitrogens with zero attached hydrogens (tertiary/aromatic N) is 3. The summed E-state index contributed by atoms with van der Waals surface area (Å²) in [5, 5.41) is 4.18. The lowest BCUT2D eigenvalue weighted by molar-refractivity contribution is -0.143. The molecule has 34 heavy (non-hydrogen) atoms. The van der Waals surface area contributed by atoms with Crippen molar-refractivity contribution in [3.63, 3.8) is 0 Å². The maximum atomic E-state index is 13.4. The first-order valence-corrected chi connectivity index (χ1v) is 13.7. The van der Waals surface area contributed by atoms with Crippen molar-refractivity contribution in [1.29, 1.82) is 0 Å². The number of aryl methyl sites for hydroxylation is 1. The SMILES string of the molecule is Cc1ccc([C@H]2c3ccsc3CCN2CC(=O)N2CCN(C(=O)Cc3cccs3)[C@H](C)C2)cc1. The maximum absolute atomic E-state index is 13.4. The molecule has 2 amide bonds. The molecular weight excluding hydrogens is 462 g/mol. The molecular formula is C27H31N3O2S2. The van der Waals surface area contributed by atoms with E-state index < -0.39 is 0 Å². The van der Waals surface area contributed by atoms with Crippen LogP contribution in [0.1, 0.15) is 39.4 Å². The monoisotopic (exact) mass is 493 g/mol. The highest BCUT2D eigenvalue weighted by Crippen LogP contribution is 2.37. The lowest BCUT2D eigenvalue weighted by Crippen LogP contribution is -2.57. The van der Waals surface area contributed by atoms with E-state index in [4.69, 9.17) is 0 Å². The number of fused-ring (bicyclic) bond motifs is 1. The third kappa shape index (κ3) is 4.83. The van der Waals surface area contributed by atoms with E-state index >= 15 is 0 Å². The van der Waals surface area contributed by atoms with E-state index in [1.165, 1.54) is 21.6 Å². The number of hydrogen-bond acceptors (Lipinski definition) is 5. The lowest BCUT2D eigenvalue weighted by atomic mass is 9.92. The summed E-state index contributed by atoms with van der Waals surface area (Å²) in [6.07, 6.45) is 1.44. The Bertz CT molecular complexity index is 1140. The van der Waals surface area contributed by atoms with Crippen LogP contribution in [0.2, 0.25) is 0 Å². The van der Waals surface area contributed by atoms with Gasteiger partial charge >= 0.3 is 0 Å². The van der Waals surface area contributed by atoms with Crippen LogP contribution in [0.15, 0.2) is 53.2 Å². The number of benzene rings is 1. The van der Waals surface area contributed by atoms with Crippen LogP contribution in [0.4, 0.5) is 0 Å². The van der Waals surface area contributed by atoms with E-state index in [1.807, 2.05) is 38.6 Å². The molecule has 1 fully saturated rings. The van der Waals surface area contributed by atoms with E-state index in [0.717, 1.165) is 17.8 Å². The van der Waals surface area contributed by atoms with Crippen LogP contribution in [0.25, 0.3) is 0 Å². The zero-order valence-corrected chi connectivity index (χ0v) is 21.4. The minimum absolute atomic E-state index is 0.0305. The Morgan fingerprint density at radius 2 is 1.79 bits per heavy atom. The van der Waals surface area contributed by atoms with Gasteiger partial charge in [0.15, 0.2) is 0 Å². The average Bonchev–Trinajstić information content (AvgIpc) is 3.51. The highest BCUT2D eigenvalue weighted by molar-refractivity contribution is 7.10. The summed E-state index contributed by atoms with van der Waals surface area (Å²) in [4.78, 5) is 35.0. The Hall–Kier alpha value is -2.48. The number of thiophene rings is 2. The summed E-state index contributed by atoms with van der Waals surface area (Å²) in [6.45, 7) is 7.25. The summed E-state index contributed by atoms with van der Waals surface area (Å²) in [7, 11) is 0. The molecule has 2 atom stereocenters. The molecule has 0 aliphatic carbocycles. The predicted molar refractivity (Wildman–Crippen MR) is 138 cm³/mol. The Labute approximate surface area is 209 Å². The molecule has 0 saturated carbocycles. The van der Waals surface area contributed by atoms with E-state index in [9.17, 15) is 9.59 Å². The van der Waals surface area contributed by atoms with Crippen LogP contribution >= 0.6 is 22.7 Å². The Morgan fingerprint density at radius 1 is 0.971 bits per heavy atom. The summed E-state index contributed by atoms with van der Waals surface area (Å²) in [5.74, 6) is 0.315. The Kier molecular flexibility index (Phi) is 6.86. The first kappa shape index (κ1) is 23.3. The largest absolute Gasteiger partial charge is 0.338 e. The van der Waals surface area contributed by atoms with Gasteiger partial charge in [-0.3, -0.25) is 14.5 Å². The van der Waals surface area contributed by atoms with Gasteiger partial charge in [0.25, 0.3) is 0 Å². The van der Waals surface area contributed by atoms with Crippen LogP contribution in [0, 0.1) is 6.92 Å². The van der Waals surface area contributed by atoms with E-state index in [-0.39, 0.29) is 23.9 Å². The van der Waals surface area contributed by atoms with E-state index in [2.05, 4.69) is 54.5 Å². The van der Waals surface area contributed by atoms with Crippen molar-refractivity contribution in [3.8, 4) is 0 Å². The molecule has 0 spiro atoms. The molecule has 178 valence electrons. The molecule has 0 radical (unpaired) electrons. The zero-order valence-electron chi connectivity index (χ0n) is 19.8. The van der Waals surface area contributed by atoms with Gasteiger partial charge in [0, 0.05) is 42.0 Å². The van der Waals surface area contributed by atoms with Crippen molar-refractivity contribution in [2.24, 2.45) is 0 Å². The highest BCUT2D eigenvalue weighted by Gasteiger charge is 2.34. The fourth-order valence-electron chi connectivity index (χ4n) is 5.17. The standard InChI is InChI=1S/C27H31N3O2S2/c1-19-5-7-21(8-6-19)27-23-10-15-34-24(23)9-11-29(27)18-26(32)28-12-13-30(20(2)17-28)25(31)16-22-4-3-14-33-22/h3-8,10,14-15,20,27H,9,11-13,16-18H2,1-2H3/t20-,27+/m1/s1. The quantitative estimate of drug-likeness (QED) is 0.530. The molecule has 2 aliphatic heterocycles. The fraction of sp³-hybridized carbons (Fsp3) is 0.407. The van der Waals surface area contributed by atoms with Crippen molar-refractivity contribution < 1.29 is 9.59 Å². The minimum atomic E-state index is 0.0305. The van der Waals surface area contributed by atoms with Crippen LogP contribution in [0.3, 0.4) is 0 Å². The molecule has 2 aliphatic rings. The van der Waals surface area contributed by atoms with Gasteiger partial charge in [0.05, 0.1) is 19.0 Å². The molecule has 1 saturated heterocycles. The molecule has 5 nitrogen and oxygen atoms in total. The number of rotatable bonds is 5. The second-order valence-electron chi connectivity index (χ2n) is 9.36. The molecule has 3 aromatic rings. The topological polar surface area (TPSA) is 43.9 Å². The average molecular weight is 494 g/mol. The lowest BCUT2D eigenvalue weighted by Gasteiger charge is -2.42. The second kappa shape index (κ2) is 10.0. The first-order chi connectivity index (χ1) is 16.5. The summed E-state index contributed by atoms with van der Waals surface area (Å²) >= 11 is 3.44. The number of amides is 2. The van der Waals surface area contributed by atoms with Gasteiger partial charge in [-0.15, -0.1) is 22.7 Å². The van der Waals surface area contributed by atoms with Crippen LogP contribution in [-0.4, -0.2) is 65.3 Å². The molecule has 2 aromatic heterocycles. The van der Waals surface area contributed by atoms with Gasteiger partial charge in [0.1, 0.15) is 0 Å². The summed E-state index contributed by atoms with van der Waals surface area (Å²) < 4.78 is 0. The smallest absolute Gasteiger partial charge is 0.236 e. The summed E-state index contributed by atoms with van der Waals surface area (Å²) in [6, 6.07) is 15.1. The Balaban J connectivity index is 1.25. The maximum Gasteiger partial charge on any atom is 0.236 e. The molecule has 1 aromatic carbocycles. The molecule has 7 heteroatoms. The first-order valence-electron chi connectivity index (χ1n) is 12.0. The van der Waals surface area contributed by atoms with Crippen molar-refractivity contribution in [3.05, 3.63) is 79.7 Å². The number of carbonyl (C=O) groups excluding carboxylic acids is 2. The van der Waals surface area contributed by atoms with Gasteiger partial charge in [-0.2, -0.15) is 0 Å². The number of piperazine rings is 1. The van der Waals surface area contributed by atoms with Gasteiger partial charge in [0.2, 0.25) is 11.8 Å². The minimum Gasteiger partial charge on any atom is -0.338 e. The van der Waals surface area contributed by atoms with Crippen LogP contribution in [-0.2, 0) is 22.4 Å². The molecule has 4 heterocycles. The molecule has 0 N–H and O–H groups in total. The van der Waals surface area contributed by atoms with Crippen molar-refractivity contribution in [2.45, 2.75) is 38.8 Å². The molecule has 0 unspecified atom stereocenters. The van der Waals surface area contributed by atoms with E-state index in [1.54, 1.807) is 11.3 Å². The predicted octanol–water partition coefficient (Wildman–Crippen LogP) is 4.37. The zero-order chi connectivity index (χ0) is 23.7. The van der Waals surface area contributed by atoms with Gasteiger partial charge in [-0.1, -0.05) is 35.9 Å². The third-order valence-electron chi connectivity index (χ3n) is 7.00. The van der Waals surface area contributed by atoms with Crippen LogP contribution < -0.4 is 0 Å². The van der Waals surface area contributed by atoms with Crippen LogP contribution in [0.5, 0.6) is 0 Å². The Morgan fingerprint density at radius 3 is 2.53 bits per heavy atom. The van der Waals surface area contributed by atoms with Crippen molar-refractivity contribution in [1.82, 2.24) is 14.7 Å².